The monoisotopic (exact) mass is 625 g/mol. The van der Waals surface area contributed by atoms with E-state index in [0.717, 1.165) is 29.0 Å². The third kappa shape index (κ3) is 5.45. The molecule has 3 amide bonds. The second-order valence-corrected chi connectivity index (χ2v) is 12.2. The number of hydrogen-bond donors (Lipinski definition) is 2. The number of aromatic amines is 1. The van der Waals surface area contributed by atoms with Gasteiger partial charge in [0.25, 0.3) is 5.91 Å². The van der Waals surface area contributed by atoms with E-state index in [1.165, 1.54) is 28.8 Å². The predicted molar refractivity (Wildman–Crippen MR) is 156 cm³/mol. The Morgan fingerprint density at radius 3 is 2.37 bits per heavy atom. The number of nitrogens with one attached hydrogen (secondary N) is 2. The highest BCUT2D eigenvalue weighted by atomic mass is 32.2. The maximum Gasteiger partial charge on any atom is 0.418 e. The second kappa shape index (κ2) is 11.0. The van der Waals surface area contributed by atoms with E-state index in [4.69, 9.17) is 4.74 Å². The van der Waals surface area contributed by atoms with E-state index in [1.807, 2.05) is 19.1 Å². The van der Waals surface area contributed by atoms with Gasteiger partial charge in [-0.25, -0.2) is 4.90 Å². The highest BCUT2D eigenvalue weighted by Gasteiger charge is 2.56. The molecule has 6 rings (SSSR count). The molecule has 43 heavy (non-hydrogen) atoms. The molecular formula is C30H22F3N3O5S2. The summed E-state index contributed by atoms with van der Waals surface area (Å²) in [4.78, 5) is 56.3. The average molecular weight is 626 g/mol. The van der Waals surface area contributed by atoms with E-state index in [-0.39, 0.29) is 28.1 Å². The van der Waals surface area contributed by atoms with Crippen molar-refractivity contribution >= 4 is 52.2 Å². The minimum absolute atomic E-state index is 0.266. The summed E-state index contributed by atoms with van der Waals surface area (Å²) in [6.45, 7) is 1.36. The van der Waals surface area contributed by atoms with Crippen LogP contribution in [0.2, 0.25) is 0 Å². The van der Waals surface area contributed by atoms with Crippen LogP contribution >= 0.6 is 23.1 Å². The summed E-state index contributed by atoms with van der Waals surface area (Å²) >= 11 is 2.17. The number of anilines is 2. The van der Waals surface area contributed by atoms with Crippen molar-refractivity contribution in [1.82, 2.24) is 4.98 Å². The molecule has 3 atom stereocenters. The van der Waals surface area contributed by atoms with Gasteiger partial charge in [-0.1, -0.05) is 65.1 Å². The van der Waals surface area contributed by atoms with Crippen molar-refractivity contribution in [2.24, 2.45) is 5.92 Å². The zero-order chi connectivity index (χ0) is 30.5. The Kier molecular flexibility index (Phi) is 7.38. The van der Waals surface area contributed by atoms with Crippen molar-refractivity contribution in [1.29, 1.82) is 0 Å². The minimum atomic E-state index is -4.63. The molecule has 0 aliphatic carbocycles. The van der Waals surface area contributed by atoms with Gasteiger partial charge in [0.15, 0.2) is 6.61 Å². The molecule has 0 bridgehead atoms. The summed E-state index contributed by atoms with van der Waals surface area (Å²) < 4.78 is 45.2. The lowest BCUT2D eigenvalue weighted by atomic mass is 9.83. The summed E-state index contributed by atoms with van der Waals surface area (Å²) in [5, 5.41) is 2.03. The lowest BCUT2D eigenvalue weighted by molar-refractivity contribution is -0.137. The molecule has 0 radical (unpaired) electrons. The Bertz CT molecular complexity index is 1780. The second-order valence-electron chi connectivity index (χ2n) is 10.0. The van der Waals surface area contributed by atoms with Gasteiger partial charge in [0, 0.05) is 10.8 Å². The van der Waals surface area contributed by atoms with Gasteiger partial charge in [-0.15, -0.1) is 0 Å². The highest BCUT2D eigenvalue weighted by molar-refractivity contribution is 8.00. The summed E-state index contributed by atoms with van der Waals surface area (Å²) in [6.07, 6.45) is -4.63. The molecular weight excluding hydrogens is 603 g/mol. The molecule has 4 aromatic rings. The van der Waals surface area contributed by atoms with Crippen LogP contribution in [0.15, 0.2) is 82.6 Å². The van der Waals surface area contributed by atoms with E-state index >= 15 is 0 Å². The molecule has 13 heteroatoms. The molecule has 3 heterocycles. The molecule has 3 aromatic carbocycles. The maximum atomic E-state index is 13.8. The zero-order valence-corrected chi connectivity index (χ0v) is 23.9. The number of ether oxygens (including phenoxy) is 1. The van der Waals surface area contributed by atoms with E-state index in [2.05, 4.69) is 10.3 Å². The number of carbonyl (C=O) groups is 3. The number of carbonyl (C=O) groups excluding carboxylic acids is 3. The van der Waals surface area contributed by atoms with E-state index < -0.39 is 41.3 Å². The molecule has 1 saturated heterocycles. The Hall–Kier alpha value is -4.36. The number of halogens is 3. The van der Waals surface area contributed by atoms with Crippen molar-refractivity contribution in [3.63, 3.8) is 0 Å². The smallest absolute Gasteiger partial charge is 0.418 e. The summed E-state index contributed by atoms with van der Waals surface area (Å²) in [5.74, 6) is -2.58. The molecule has 2 N–H and O–H groups in total. The van der Waals surface area contributed by atoms with Gasteiger partial charge in [-0.2, -0.15) is 13.2 Å². The van der Waals surface area contributed by atoms with Crippen molar-refractivity contribution in [3.05, 3.63) is 104 Å². The lowest BCUT2D eigenvalue weighted by Gasteiger charge is -2.29. The fraction of sp³-hybridized carbons (Fsp3) is 0.200. The van der Waals surface area contributed by atoms with E-state index in [9.17, 15) is 32.3 Å². The van der Waals surface area contributed by atoms with Crippen LogP contribution in [0.4, 0.5) is 24.5 Å². The van der Waals surface area contributed by atoms with Crippen LogP contribution in [0.3, 0.4) is 0 Å². The number of H-pyrrole nitrogens is 1. The van der Waals surface area contributed by atoms with Crippen LogP contribution in [-0.4, -0.2) is 34.6 Å². The van der Waals surface area contributed by atoms with Gasteiger partial charge >= 0.3 is 11.0 Å². The van der Waals surface area contributed by atoms with Crippen LogP contribution < -0.4 is 19.8 Å². The molecule has 1 aromatic heterocycles. The number of amides is 3. The average Bonchev–Trinajstić information content (AvgIpc) is 3.46. The SMILES string of the molecule is Cc1ccc(N2C(=O)C3Sc4[nH]c(=O)sc4C(c4ccc(OCC(=O)Nc5ccccc5C(F)(F)F)cc4)C3C2=O)cc1. The fourth-order valence-corrected chi connectivity index (χ4v) is 7.79. The first kappa shape index (κ1) is 28.7. The molecule has 0 saturated carbocycles. The van der Waals surface area contributed by atoms with Crippen molar-refractivity contribution in [3.8, 4) is 5.75 Å². The lowest BCUT2D eigenvalue weighted by Crippen LogP contribution is -2.32. The predicted octanol–water partition coefficient (Wildman–Crippen LogP) is 5.58. The third-order valence-electron chi connectivity index (χ3n) is 7.23. The summed E-state index contributed by atoms with van der Waals surface area (Å²) in [6, 6.07) is 18.2. The van der Waals surface area contributed by atoms with E-state index in [0.29, 0.717) is 21.2 Å². The standard InChI is InChI=1S/C30H22F3N3O5S2/c1-15-6-10-17(11-7-15)36-27(38)23-22(24-26(35-29(40)43-24)42-25(23)28(36)39)16-8-12-18(13-9-16)41-14-21(37)34-20-5-3-2-4-19(20)30(31,32)33/h2-13,22-23,25H,14H2,1H3,(H,34,37)(H,35,40). The van der Waals surface area contributed by atoms with Crippen LogP contribution in [-0.2, 0) is 20.6 Å². The van der Waals surface area contributed by atoms with Crippen molar-refractivity contribution in [2.75, 3.05) is 16.8 Å². The minimum Gasteiger partial charge on any atom is -0.484 e. The van der Waals surface area contributed by atoms with E-state index in [1.54, 1.807) is 36.4 Å². The number of imide groups is 1. The molecule has 220 valence electrons. The molecule has 2 aliphatic rings. The molecule has 2 aliphatic heterocycles. The van der Waals surface area contributed by atoms with Crippen molar-refractivity contribution in [2.45, 2.75) is 29.3 Å². The van der Waals surface area contributed by atoms with Gasteiger partial charge < -0.3 is 15.0 Å². The highest BCUT2D eigenvalue weighted by Crippen LogP contribution is 2.53. The van der Waals surface area contributed by atoms with Gasteiger partial charge in [0.2, 0.25) is 11.8 Å². The Morgan fingerprint density at radius 1 is 0.977 bits per heavy atom. The van der Waals surface area contributed by atoms with Crippen molar-refractivity contribution < 1.29 is 32.3 Å². The first-order chi connectivity index (χ1) is 20.5. The number of benzene rings is 3. The van der Waals surface area contributed by atoms with Gasteiger partial charge in [-0.3, -0.25) is 19.2 Å². The normalized spacial score (nSPS) is 19.6. The number of aromatic nitrogens is 1. The third-order valence-corrected chi connectivity index (χ3v) is 9.63. The topological polar surface area (TPSA) is 109 Å². The fourth-order valence-electron chi connectivity index (χ4n) is 5.27. The summed E-state index contributed by atoms with van der Waals surface area (Å²) in [5.41, 5.74) is 0.781. The van der Waals surface area contributed by atoms with Crippen LogP contribution in [0.5, 0.6) is 5.75 Å². The molecule has 0 spiro atoms. The van der Waals surface area contributed by atoms with Gasteiger partial charge in [-0.05, 0) is 48.9 Å². The first-order valence-corrected chi connectivity index (χ1v) is 14.7. The number of nitrogens with zero attached hydrogens (tertiary/aromatic N) is 1. The molecule has 8 nitrogen and oxygen atoms in total. The molecule has 3 unspecified atom stereocenters. The summed E-state index contributed by atoms with van der Waals surface area (Å²) in [7, 11) is 0. The maximum absolute atomic E-state index is 13.8. The van der Waals surface area contributed by atoms with Crippen LogP contribution in [0, 0.1) is 12.8 Å². The van der Waals surface area contributed by atoms with Crippen LogP contribution in [0.1, 0.15) is 27.5 Å². The number of para-hydroxylation sites is 1. The number of rotatable bonds is 6. The zero-order valence-electron chi connectivity index (χ0n) is 22.3. The Labute approximate surface area is 250 Å². The number of alkyl halides is 3. The Balaban J connectivity index is 1.22. The Morgan fingerprint density at radius 2 is 1.67 bits per heavy atom. The van der Waals surface area contributed by atoms with Gasteiger partial charge in [0.05, 0.1) is 27.9 Å². The number of thiazole rings is 1. The first-order valence-electron chi connectivity index (χ1n) is 13.0. The van der Waals surface area contributed by atoms with Gasteiger partial charge in [0.1, 0.15) is 11.0 Å². The largest absolute Gasteiger partial charge is 0.484 e. The number of thioether (sulfide) groups is 1. The number of fused-ring (bicyclic) bond motifs is 2. The molecule has 1 fully saturated rings. The number of hydrogen-bond acceptors (Lipinski definition) is 7. The number of aryl methyl sites for hydroxylation is 1. The van der Waals surface area contributed by atoms with Crippen LogP contribution in [0.25, 0.3) is 0 Å². The quantitative estimate of drug-likeness (QED) is 0.271.